The topological polar surface area (TPSA) is 69.4 Å². The van der Waals surface area contributed by atoms with E-state index in [-0.39, 0.29) is 18.3 Å². The lowest BCUT2D eigenvalue weighted by Gasteiger charge is -2.31. The standard InChI is InChI=1S/C28H31BrN4O3/c1-19-14-22(8-11-29)25-23(15-19)27(34)31(2)26-24(25)16-30-33(26)17-20-9-12-32(13-10-20)28(35)36-18-21-6-4-3-5-7-21/h3-7,14-16,20H,8-13,17-18H2,1-2H3. The van der Waals surface area contributed by atoms with Crippen LogP contribution in [0, 0.1) is 12.8 Å². The van der Waals surface area contributed by atoms with E-state index in [0.29, 0.717) is 19.0 Å². The van der Waals surface area contributed by atoms with Crippen LogP contribution in [0.2, 0.25) is 0 Å². The van der Waals surface area contributed by atoms with Gasteiger partial charge in [0.2, 0.25) is 0 Å². The summed E-state index contributed by atoms with van der Waals surface area (Å²) >= 11 is 3.56. The molecule has 1 fully saturated rings. The molecule has 1 aliphatic heterocycles. The Morgan fingerprint density at radius 1 is 1.14 bits per heavy atom. The molecule has 0 unspecified atom stereocenters. The Morgan fingerprint density at radius 2 is 1.89 bits per heavy atom. The van der Waals surface area contributed by atoms with Gasteiger partial charge in [-0.05, 0) is 49.3 Å². The molecule has 7 nitrogen and oxygen atoms in total. The number of aryl methyl sites for hydroxylation is 3. The number of pyridine rings is 1. The molecule has 1 aliphatic rings. The normalized spacial score (nSPS) is 14.6. The molecule has 188 valence electrons. The van der Waals surface area contributed by atoms with Crippen LogP contribution < -0.4 is 5.56 Å². The van der Waals surface area contributed by atoms with Crippen LogP contribution in [0.3, 0.4) is 0 Å². The summed E-state index contributed by atoms with van der Waals surface area (Å²) in [6.45, 7) is 4.36. The molecule has 4 aromatic rings. The Hall–Kier alpha value is -3.13. The number of likely N-dealkylation sites (tertiary alicyclic amines) is 1. The zero-order valence-corrected chi connectivity index (χ0v) is 22.3. The molecular weight excluding hydrogens is 520 g/mol. The van der Waals surface area contributed by atoms with Crippen molar-refractivity contribution in [2.75, 3.05) is 18.4 Å². The molecule has 0 atom stereocenters. The first-order chi connectivity index (χ1) is 17.5. The third-order valence-electron chi connectivity index (χ3n) is 7.17. The van der Waals surface area contributed by atoms with Crippen LogP contribution in [0.1, 0.15) is 29.5 Å². The van der Waals surface area contributed by atoms with Crippen LogP contribution in [0.4, 0.5) is 4.79 Å². The number of rotatable bonds is 6. The smallest absolute Gasteiger partial charge is 0.410 e. The first-order valence-electron chi connectivity index (χ1n) is 12.5. The van der Waals surface area contributed by atoms with E-state index in [1.54, 1.807) is 9.47 Å². The van der Waals surface area contributed by atoms with Crippen molar-refractivity contribution in [3.63, 3.8) is 0 Å². The first kappa shape index (κ1) is 24.6. The molecule has 3 heterocycles. The highest BCUT2D eigenvalue weighted by Crippen LogP contribution is 2.29. The molecule has 0 saturated carbocycles. The molecule has 5 rings (SSSR count). The van der Waals surface area contributed by atoms with E-state index in [2.05, 4.69) is 22.0 Å². The summed E-state index contributed by atoms with van der Waals surface area (Å²) in [6.07, 6.45) is 4.24. The molecule has 0 aliphatic carbocycles. The summed E-state index contributed by atoms with van der Waals surface area (Å²) in [6, 6.07) is 13.9. The van der Waals surface area contributed by atoms with Crippen molar-refractivity contribution >= 4 is 43.8 Å². The lowest BCUT2D eigenvalue weighted by Crippen LogP contribution is -2.39. The maximum atomic E-state index is 13.3. The van der Waals surface area contributed by atoms with Gasteiger partial charge in [-0.15, -0.1) is 0 Å². The van der Waals surface area contributed by atoms with Crippen molar-refractivity contribution in [2.24, 2.45) is 13.0 Å². The van der Waals surface area contributed by atoms with Crippen molar-refractivity contribution in [1.82, 2.24) is 19.2 Å². The number of nitrogens with zero attached hydrogens (tertiary/aromatic N) is 4. The predicted molar refractivity (Wildman–Crippen MR) is 146 cm³/mol. The van der Waals surface area contributed by atoms with Gasteiger partial charge in [0, 0.05) is 48.2 Å². The van der Waals surface area contributed by atoms with Gasteiger partial charge < -0.3 is 9.64 Å². The van der Waals surface area contributed by atoms with E-state index in [9.17, 15) is 9.59 Å². The van der Waals surface area contributed by atoms with E-state index in [1.165, 1.54) is 5.56 Å². The fourth-order valence-corrected chi connectivity index (χ4v) is 5.75. The number of aromatic nitrogens is 3. The van der Waals surface area contributed by atoms with Crippen molar-refractivity contribution in [3.05, 3.63) is 75.7 Å². The number of hydrogen-bond donors (Lipinski definition) is 0. The van der Waals surface area contributed by atoms with Crippen molar-refractivity contribution in [3.8, 4) is 0 Å². The fourth-order valence-electron chi connectivity index (χ4n) is 5.32. The number of halogens is 1. The van der Waals surface area contributed by atoms with Crippen LogP contribution in [0.5, 0.6) is 0 Å². The Morgan fingerprint density at radius 3 is 2.61 bits per heavy atom. The minimum atomic E-state index is -0.259. The third kappa shape index (κ3) is 4.78. The summed E-state index contributed by atoms with van der Waals surface area (Å²) < 4.78 is 9.21. The van der Waals surface area contributed by atoms with Gasteiger partial charge in [0.05, 0.1) is 6.20 Å². The highest BCUT2D eigenvalue weighted by Gasteiger charge is 2.25. The number of piperidine rings is 1. The molecule has 2 aromatic carbocycles. The maximum absolute atomic E-state index is 13.3. The van der Waals surface area contributed by atoms with Gasteiger partial charge in [0.15, 0.2) is 0 Å². The number of fused-ring (bicyclic) bond motifs is 3. The van der Waals surface area contributed by atoms with E-state index >= 15 is 0 Å². The van der Waals surface area contributed by atoms with Crippen molar-refractivity contribution < 1.29 is 9.53 Å². The van der Waals surface area contributed by atoms with Gasteiger partial charge in [-0.2, -0.15) is 5.10 Å². The van der Waals surface area contributed by atoms with Gasteiger partial charge in [-0.1, -0.05) is 57.9 Å². The lowest BCUT2D eigenvalue weighted by atomic mass is 9.97. The Labute approximate surface area is 218 Å². The summed E-state index contributed by atoms with van der Waals surface area (Å²) in [5.74, 6) is 0.372. The molecule has 0 N–H and O–H groups in total. The van der Waals surface area contributed by atoms with Crippen LogP contribution in [-0.4, -0.2) is 43.8 Å². The summed E-state index contributed by atoms with van der Waals surface area (Å²) in [4.78, 5) is 27.6. The second-order valence-electron chi connectivity index (χ2n) is 9.68. The number of benzene rings is 2. The fraction of sp³-hybridized carbons (Fsp3) is 0.393. The van der Waals surface area contributed by atoms with Gasteiger partial charge in [0.1, 0.15) is 12.3 Å². The minimum absolute atomic E-state index is 0.00903. The average Bonchev–Trinajstić information content (AvgIpc) is 3.30. The van der Waals surface area contributed by atoms with E-state index in [4.69, 9.17) is 9.84 Å². The number of ether oxygens (including phenoxy) is 1. The maximum Gasteiger partial charge on any atom is 0.410 e. The average molecular weight is 551 g/mol. The number of alkyl halides is 1. The molecule has 0 spiro atoms. The van der Waals surface area contributed by atoms with E-state index in [0.717, 1.165) is 64.1 Å². The molecule has 0 bridgehead atoms. The SMILES string of the molecule is Cc1cc(CCBr)c2c(c1)c(=O)n(C)c1c2cnn1CC1CCN(C(=O)OCc2ccccc2)CC1. The molecule has 0 radical (unpaired) electrons. The first-order valence-corrected chi connectivity index (χ1v) is 13.6. The quantitative estimate of drug-likeness (QED) is 0.310. The van der Waals surface area contributed by atoms with Crippen LogP contribution in [0.15, 0.2) is 53.5 Å². The van der Waals surface area contributed by atoms with Crippen LogP contribution >= 0.6 is 15.9 Å². The zero-order chi connectivity index (χ0) is 25.2. The van der Waals surface area contributed by atoms with Crippen LogP contribution in [-0.2, 0) is 31.4 Å². The second kappa shape index (κ2) is 10.5. The minimum Gasteiger partial charge on any atom is -0.445 e. The lowest BCUT2D eigenvalue weighted by molar-refractivity contribution is 0.0804. The number of hydrogen-bond acceptors (Lipinski definition) is 4. The summed E-state index contributed by atoms with van der Waals surface area (Å²) in [5.41, 5.74) is 4.12. The highest BCUT2D eigenvalue weighted by atomic mass is 79.9. The Bertz CT molecular complexity index is 1450. The number of amides is 1. The Balaban J connectivity index is 1.32. The van der Waals surface area contributed by atoms with Gasteiger partial charge >= 0.3 is 6.09 Å². The zero-order valence-electron chi connectivity index (χ0n) is 20.7. The molecule has 36 heavy (non-hydrogen) atoms. The largest absolute Gasteiger partial charge is 0.445 e. The van der Waals surface area contributed by atoms with Gasteiger partial charge in [-0.3, -0.25) is 9.36 Å². The summed E-state index contributed by atoms with van der Waals surface area (Å²) in [5, 5.41) is 8.34. The molecule has 1 amide bonds. The molecular formula is C28H31BrN4O3. The van der Waals surface area contributed by atoms with Gasteiger partial charge in [0.25, 0.3) is 5.56 Å². The van der Waals surface area contributed by atoms with Crippen LogP contribution in [0.25, 0.3) is 21.8 Å². The third-order valence-corrected chi connectivity index (χ3v) is 7.57. The highest BCUT2D eigenvalue weighted by molar-refractivity contribution is 9.09. The van der Waals surface area contributed by atoms with E-state index < -0.39 is 0 Å². The van der Waals surface area contributed by atoms with Crippen molar-refractivity contribution in [1.29, 1.82) is 0 Å². The number of carbonyl (C=O) groups is 1. The Kier molecular flexibility index (Phi) is 7.14. The second-order valence-corrected chi connectivity index (χ2v) is 10.5. The molecule has 1 saturated heterocycles. The summed E-state index contributed by atoms with van der Waals surface area (Å²) in [7, 11) is 1.83. The molecule has 8 heteroatoms. The van der Waals surface area contributed by atoms with Gasteiger partial charge in [-0.25, -0.2) is 9.48 Å². The predicted octanol–water partition coefficient (Wildman–Crippen LogP) is 5.18. The van der Waals surface area contributed by atoms with E-state index in [1.807, 2.05) is 61.2 Å². The monoisotopic (exact) mass is 550 g/mol. The van der Waals surface area contributed by atoms with Crippen molar-refractivity contribution in [2.45, 2.75) is 39.3 Å². The molecule has 2 aromatic heterocycles. The number of carbonyl (C=O) groups excluding carboxylic acids is 1.